The van der Waals surface area contributed by atoms with Crippen molar-refractivity contribution in [2.45, 2.75) is 43.0 Å². The smallest absolute Gasteiger partial charge is 0.118 e. The minimum atomic E-state index is -2.46. The molecule has 0 spiro atoms. The van der Waals surface area contributed by atoms with Crippen molar-refractivity contribution in [3.05, 3.63) is 60.2 Å². The van der Waals surface area contributed by atoms with Gasteiger partial charge in [0.05, 0.1) is 16.8 Å². The fraction of sp³-hybridized carbons (Fsp3) is 0.381. The lowest BCUT2D eigenvalue weighted by Gasteiger charge is -2.38. The zero-order chi connectivity index (χ0) is 17.7. The summed E-state index contributed by atoms with van der Waals surface area (Å²) in [5.74, 6) is 4.91. The molecule has 2 unspecified atom stereocenters. The second-order valence-electron chi connectivity index (χ2n) is 6.63. The normalized spacial score (nSPS) is 20.8. The Morgan fingerprint density at radius 3 is 2.52 bits per heavy atom. The molecule has 0 saturated carbocycles. The molecule has 1 saturated heterocycles. The van der Waals surface area contributed by atoms with Crippen LogP contribution in [0.1, 0.15) is 31.2 Å². The number of hydrogen-bond donors (Lipinski definition) is 0. The topological polar surface area (TPSA) is 29.5 Å². The van der Waals surface area contributed by atoms with Gasteiger partial charge in [0.25, 0.3) is 0 Å². The molecule has 0 amide bonds. The lowest BCUT2D eigenvalue weighted by Crippen LogP contribution is -2.43. The van der Waals surface area contributed by atoms with Crippen molar-refractivity contribution in [1.29, 1.82) is 0 Å². The maximum Gasteiger partial charge on any atom is 0.118 e. The van der Waals surface area contributed by atoms with Gasteiger partial charge in [-0.25, -0.2) is 8.51 Å². The van der Waals surface area contributed by atoms with E-state index in [0.717, 1.165) is 42.9 Å². The van der Waals surface area contributed by atoms with Crippen molar-refractivity contribution in [3.8, 4) is 5.75 Å². The number of ether oxygens (including phenoxy) is 1. The van der Waals surface area contributed by atoms with Gasteiger partial charge in [-0.2, -0.15) is 0 Å². The maximum absolute atomic E-state index is 13.5. The first-order valence-corrected chi connectivity index (χ1v) is 10.6. The summed E-state index contributed by atoms with van der Waals surface area (Å²) >= 11 is 0. The fourth-order valence-corrected chi connectivity index (χ4v) is 5.50. The molecule has 2 atom stereocenters. The Morgan fingerprint density at radius 2 is 1.84 bits per heavy atom. The van der Waals surface area contributed by atoms with E-state index in [0.29, 0.717) is 6.04 Å². The van der Waals surface area contributed by atoms with Gasteiger partial charge >= 0.3 is 0 Å². The summed E-state index contributed by atoms with van der Waals surface area (Å²) in [6, 6.07) is 18.4. The van der Waals surface area contributed by atoms with E-state index in [1.807, 2.05) is 30.3 Å². The summed E-state index contributed by atoms with van der Waals surface area (Å²) in [7, 11) is -0.823. The van der Waals surface area contributed by atoms with Crippen molar-refractivity contribution in [1.82, 2.24) is 4.31 Å². The molecule has 0 aliphatic carbocycles. The van der Waals surface area contributed by atoms with Gasteiger partial charge in [-0.05, 0) is 61.4 Å². The number of hydrogen-bond acceptors (Lipinski definition) is 2. The number of methoxy groups -OCH3 is 1. The molecule has 134 valence electrons. The van der Waals surface area contributed by atoms with Crippen LogP contribution in [0.4, 0.5) is 0 Å². The molecule has 3 nitrogen and oxygen atoms in total. The molecule has 1 aliphatic heterocycles. The van der Waals surface area contributed by atoms with Gasteiger partial charge in [0.2, 0.25) is 0 Å². The van der Waals surface area contributed by atoms with E-state index in [1.54, 1.807) is 7.11 Å². The molecule has 2 aromatic carbocycles. The van der Waals surface area contributed by atoms with E-state index in [4.69, 9.17) is 4.74 Å². The molecular weight excluding hydrogens is 330 g/mol. The van der Waals surface area contributed by atoms with E-state index in [9.17, 15) is 4.21 Å². The summed E-state index contributed by atoms with van der Waals surface area (Å²) in [6.45, 7) is 0.855. The third-order valence-electron chi connectivity index (χ3n) is 4.99. The van der Waals surface area contributed by atoms with E-state index >= 15 is 0 Å². The third-order valence-corrected chi connectivity index (χ3v) is 7.24. The van der Waals surface area contributed by atoms with Gasteiger partial charge in [0.1, 0.15) is 5.75 Å². The lowest BCUT2D eigenvalue weighted by molar-refractivity contribution is 0.251. The van der Waals surface area contributed by atoms with Crippen LogP contribution in [0, 0.1) is 0 Å². The molecule has 25 heavy (non-hydrogen) atoms. The van der Waals surface area contributed by atoms with Crippen LogP contribution in [0.2, 0.25) is 0 Å². The number of nitrogens with zero attached hydrogens (tertiary/aromatic N) is 1. The van der Waals surface area contributed by atoms with Crippen LogP contribution in [0.15, 0.2) is 59.5 Å². The largest absolute Gasteiger partial charge is 0.497 e. The quantitative estimate of drug-likeness (QED) is 0.726. The van der Waals surface area contributed by atoms with Crippen LogP contribution in [-0.4, -0.2) is 34.1 Å². The lowest BCUT2D eigenvalue weighted by atomic mass is 9.98. The second kappa shape index (κ2) is 8.07. The average molecular weight is 358 g/mol. The van der Waals surface area contributed by atoms with E-state index in [-0.39, 0.29) is 0 Å². The molecule has 1 heterocycles. The predicted molar refractivity (Wildman–Crippen MR) is 106 cm³/mol. The summed E-state index contributed by atoms with van der Waals surface area (Å²) in [6.07, 6.45) is 5.42. The number of rotatable bonds is 6. The first kappa shape index (κ1) is 18.0. The molecule has 0 N–H and O–H groups in total. The average Bonchev–Trinajstić information content (AvgIpc) is 2.67. The Bertz CT molecular complexity index is 769. The fourth-order valence-electron chi connectivity index (χ4n) is 3.55. The number of piperidine rings is 1. The zero-order valence-corrected chi connectivity index (χ0v) is 15.7. The van der Waals surface area contributed by atoms with Crippen LogP contribution in [0.5, 0.6) is 5.75 Å². The van der Waals surface area contributed by atoms with E-state index in [1.165, 1.54) is 12.0 Å². The van der Waals surface area contributed by atoms with E-state index < -0.39 is 9.71 Å². The van der Waals surface area contributed by atoms with Gasteiger partial charge in [-0.1, -0.05) is 36.8 Å². The number of benzene rings is 2. The van der Waals surface area contributed by atoms with Gasteiger partial charge in [-0.3, -0.25) is 0 Å². The summed E-state index contributed by atoms with van der Waals surface area (Å²) in [5, 5.41) is 0. The Balaban J connectivity index is 1.76. The maximum atomic E-state index is 13.5. The van der Waals surface area contributed by atoms with Crippen molar-refractivity contribution in [2.24, 2.45) is 0 Å². The van der Waals surface area contributed by atoms with Gasteiger partial charge in [0.15, 0.2) is 0 Å². The number of aryl methyl sites for hydroxylation is 1. The van der Waals surface area contributed by atoms with Crippen molar-refractivity contribution < 1.29 is 8.95 Å². The summed E-state index contributed by atoms with van der Waals surface area (Å²) in [4.78, 5) is 0.792. The van der Waals surface area contributed by atoms with E-state index in [2.05, 4.69) is 34.4 Å². The van der Waals surface area contributed by atoms with Gasteiger partial charge in [-0.15, -0.1) is 0 Å². The highest BCUT2D eigenvalue weighted by atomic mass is 32.2. The summed E-state index contributed by atoms with van der Waals surface area (Å²) < 4.78 is 20.9. The Hall–Kier alpha value is -1.78. The minimum Gasteiger partial charge on any atom is -0.497 e. The molecule has 1 fully saturated rings. The van der Waals surface area contributed by atoms with Crippen LogP contribution in [0.25, 0.3) is 0 Å². The highest BCUT2D eigenvalue weighted by molar-refractivity contribution is 7.98. The molecule has 2 aromatic rings. The standard InChI is InChI=1S/C21H27NO2S/c1-24-20-13-15-21(16-14-20)25(2,23)22-17-7-6-10-19(22)12-11-18-8-4-3-5-9-18/h3-5,8-9,13-16,19H,2,6-7,10-12,17H2,1H3. The highest BCUT2D eigenvalue weighted by Crippen LogP contribution is 2.28. The van der Waals surface area contributed by atoms with Gasteiger partial charge < -0.3 is 4.74 Å². The highest BCUT2D eigenvalue weighted by Gasteiger charge is 2.29. The van der Waals surface area contributed by atoms with Crippen LogP contribution in [-0.2, 0) is 16.1 Å². The van der Waals surface area contributed by atoms with Crippen LogP contribution >= 0.6 is 0 Å². The molecule has 0 bridgehead atoms. The third kappa shape index (κ3) is 4.25. The van der Waals surface area contributed by atoms with Crippen molar-refractivity contribution >= 4 is 15.6 Å². The van der Waals surface area contributed by atoms with Crippen LogP contribution < -0.4 is 4.74 Å². The zero-order valence-electron chi connectivity index (χ0n) is 14.9. The first-order valence-electron chi connectivity index (χ1n) is 8.93. The first-order chi connectivity index (χ1) is 12.1. The molecule has 0 aromatic heterocycles. The molecule has 1 aliphatic rings. The second-order valence-corrected chi connectivity index (χ2v) is 8.85. The van der Waals surface area contributed by atoms with Crippen molar-refractivity contribution in [2.75, 3.05) is 13.7 Å². The molecule has 0 radical (unpaired) electrons. The van der Waals surface area contributed by atoms with Crippen LogP contribution in [0.3, 0.4) is 0 Å². The van der Waals surface area contributed by atoms with Gasteiger partial charge in [0, 0.05) is 17.5 Å². The van der Waals surface area contributed by atoms with Crippen molar-refractivity contribution in [3.63, 3.8) is 0 Å². The molecular formula is C21H27NO2S. The Morgan fingerprint density at radius 1 is 1.12 bits per heavy atom. The molecule has 4 heteroatoms. The Labute approximate surface area is 151 Å². The monoisotopic (exact) mass is 357 g/mol. The summed E-state index contributed by atoms with van der Waals surface area (Å²) in [5.41, 5.74) is 1.34. The minimum absolute atomic E-state index is 0.320. The molecule has 3 rings (SSSR count). The Kier molecular flexibility index (Phi) is 5.82. The predicted octanol–water partition coefficient (Wildman–Crippen LogP) is 4.17. The SMILES string of the molecule is C=S(=O)(c1ccc(OC)cc1)N1CCCCC1CCc1ccccc1.